The van der Waals surface area contributed by atoms with E-state index in [0.29, 0.717) is 13.0 Å². The van der Waals surface area contributed by atoms with Crippen molar-refractivity contribution in [1.29, 1.82) is 0 Å². The molecule has 0 radical (unpaired) electrons. The highest BCUT2D eigenvalue weighted by molar-refractivity contribution is 5.94. The van der Waals surface area contributed by atoms with Gasteiger partial charge in [-0.2, -0.15) is 0 Å². The van der Waals surface area contributed by atoms with Crippen LogP contribution in [0.25, 0.3) is 0 Å². The Bertz CT molecular complexity index is 470. The second-order valence-corrected chi connectivity index (χ2v) is 6.16. The van der Waals surface area contributed by atoms with E-state index in [9.17, 15) is 4.79 Å². The van der Waals surface area contributed by atoms with Crippen LogP contribution in [0, 0.1) is 0 Å². The van der Waals surface area contributed by atoms with Crippen molar-refractivity contribution < 1.29 is 9.53 Å². The third-order valence-corrected chi connectivity index (χ3v) is 4.18. The second kappa shape index (κ2) is 9.53. The molecule has 1 aromatic rings. The Labute approximate surface area is 139 Å². The Balaban J connectivity index is 1.72. The van der Waals surface area contributed by atoms with Crippen molar-refractivity contribution >= 4 is 11.6 Å². The van der Waals surface area contributed by atoms with Gasteiger partial charge in [0.2, 0.25) is 5.91 Å². The van der Waals surface area contributed by atoms with E-state index in [-0.39, 0.29) is 5.91 Å². The molecule has 0 aliphatic carbocycles. The minimum absolute atomic E-state index is 0.134. The molecule has 1 aliphatic rings. The van der Waals surface area contributed by atoms with Crippen molar-refractivity contribution in [2.24, 2.45) is 5.73 Å². The lowest BCUT2D eigenvalue weighted by atomic mass is 10.1. The molecular weight excluding hydrogens is 290 g/mol. The maximum Gasteiger partial charge on any atom is 0.241 e. The molecule has 1 amide bonds. The summed E-state index contributed by atoms with van der Waals surface area (Å²) in [6.45, 7) is 6.07. The first-order valence-corrected chi connectivity index (χ1v) is 8.70. The lowest BCUT2D eigenvalue weighted by Gasteiger charge is -2.26. The molecule has 128 valence electrons. The van der Waals surface area contributed by atoms with Crippen LogP contribution in [0.4, 0.5) is 5.69 Å². The van der Waals surface area contributed by atoms with E-state index in [4.69, 9.17) is 10.5 Å². The predicted octanol–water partition coefficient (Wildman–Crippen LogP) is 2.62. The van der Waals surface area contributed by atoms with Crippen LogP contribution in [0.5, 0.6) is 5.75 Å². The third kappa shape index (κ3) is 6.20. The Morgan fingerprint density at radius 2 is 1.96 bits per heavy atom. The van der Waals surface area contributed by atoms with Crippen molar-refractivity contribution in [3.05, 3.63) is 24.3 Å². The van der Waals surface area contributed by atoms with Crippen LogP contribution in [0.1, 0.15) is 39.0 Å². The number of carbonyl (C=O) groups excluding carboxylic acids is 1. The molecule has 1 saturated heterocycles. The highest BCUT2D eigenvalue weighted by Gasteiger charge is 2.12. The molecule has 1 heterocycles. The van der Waals surface area contributed by atoms with Crippen molar-refractivity contribution in [1.82, 2.24) is 4.90 Å². The zero-order chi connectivity index (χ0) is 16.5. The first kappa shape index (κ1) is 17.8. The maximum atomic E-state index is 11.9. The molecule has 0 aromatic heterocycles. The fourth-order valence-electron chi connectivity index (χ4n) is 2.79. The fraction of sp³-hybridized carbons (Fsp3) is 0.611. The number of hydrogen-bond acceptors (Lipinski definition) is 4. The smallest absolute Gasteiger partial charge is 0.241 e. The summed E-state index contributed by atoms with van der Waals surface area (Å²) < 4.78 is 5.78. The topological polar surface area (TPSA) is 67.6 Å². The number of amides is 1. The van der Waals surface area contributed by atoms with Gasteiger partial charge in [-0.25, -0.2) is 0 Å². The van der Waals surface area contributed by atoms with Gasteiger partial charge in [-0.15, -0.1) is 0 Å². The van der Waals surface area contributed by atoms with Crippen LogP contribution < -0.4 is 15.8 Å². The monoisotopic (exact) mass is 319 g/mol. The summed E-state index contributed by atoms with van der Waals surface area (Å²) in [4.78, 5) is 14.3. The van der Waals surface area contributed by atoms with Gasteiger partial charge < -0.3 is 15.8 Å². The maximum absolute atomic E-state index is 11.9. The quantitative estimate of drug-likeness (QED) is 0.773. The highest BCUT2D eigenvalue weighted by atomic mass is 16.5. The second-order valence-electron chi connectivity index (χ2n) is 6.16. The molecule has 1 aliphatic heterocycles. The van der Waals surface area contributed by atoms with Gasteiger partial charge in [0.1, 0.15) is 12.4 Å². The molecule has 0 bridgehead atoms. The molecule has 0 spiro atoms. The van der Waals surface area contributed by atoms with Crippen LogP contribution in [-0.4, -0.2) is 43.1 Å². The first-order valence-electron chi connectivity index (χ1n) is 8.70. The Kier molecular flexibility index (Phi) is 7.36. The van der Waals surface area contributed by atoms with E-state index in [2.05, 4.69) is 10.2 Å². The number of anilines is 1. The molecule has 1 aromatic carbocycles. The van der Waals surface area contributed by atoms with Crippen LogP contribution in [0.3, 0.4) is 0 Å². The molecule has 1 unspecified atom stereocenters. The number of nitrogens with zero attached hydrogens (tertiary/aromatic N) is 1. The van der Waals surface area contributed by atoms with Gasteiger partial charge in [0.15, 0.2) is 0 Å². The summed E-state index contributed by atoms with van der Waals surface area (Å²) >= 11 is 0. The first-order chi connectivity index (χ1) is 11.2. The number of nitrogens with two attached hydrogens (primary N) is 1. The third-order valence-electron chi connectivity index (χ3n) is 4.18. The van der Waals surface area contributed by atoms with Crippen molar-refractivity contribution in [3.8, 4) is 5.75 Å². The zero-order valence-corrected chi connectivity index (χ0v) is 14.1. The lowest BCUT2D eigenvalue weighted by molar-refractivity contribution is -0.117. The van der Waals surface area contributed by atoms with Gasteiger partial charge in [-0.3, -0.25) is 9.69 Å². The van der Waals surface area contributed by atoms with Gasteiger partial charge in [0.25, 0.3) is 0 Å². The number of hydrogen-bond donors (Lipinski definition) is 2. The van der Waals surface area contributed by atoms with Crippen molar-refractivity contribution in [2.75, 3.05) is 31.6 Å². The Hall–Kier alpha value is -1.59. The Morgan fingerprint density at radius 1 is 1.26 bits per heavy atom. The summed E-state index contributed by atoms with van der Waals surface area (Å²) in [5.41, 5.74) is 6.56. The number of carbonyl (C=O) groups is 1. The standard InChI is InChI=1S/C18H29N3O2/c1-2-6-17(19)18(22)20-15-7-9-16(10-8-15)23-14-13-21-11-4-3-5-12-21/h7-10,17H,2-6,11-14,19H2,1H3,(H,20,22). The normalized spacial score (nSPS) is 16.8. The summed E-state index contributed by atoms with van der Waals surface area (Å²) in [6.07, 6.45) is 5.55. The summed E-state index contributed by atoms with van der Waals surface area (Å²) in [6, 6.07) is 7.04. The summed E-state index contributed by atoms with van der Waals surface area (Å²) in [5, 5.41) is 2.83. The molecule has 1 atom stereocenters. The average molecular weight is 319 g/mol. The van der Waals surface area contributed by atoms with Gasteiger partial charge in [-0.1, -0.05) is 19.8 Å². The molecular formula is C18H29N3O2. The zero-order valence-electron chi connectivity index (χ0n) is 14.1. The number of ether oxygens (including phenoxy) is 1. The van der Waals surface area contributed by atoms with Crippen molar-refractivity contribution in [3.63, 3.8) is 0 Å². The minimum atomic E-state index is -0.444. The fourth-order valence-corrected chi connectivity index (χ4v) is 2.79. The Morgan fingerprint density at radius 3 is 2.61 bits per heavy atom. The predicted molar refractivity (Wildman–Crippen MR) is 93.7 cm³/mol. The highest BCUT2D eigenvalue weighted by Crippen LogP contribution is 2.16. The summed E-state index contributed by atoms with van der Waals surface area (Å²) in [7, 11) is 0. The molecule has 2 rings (SSSR count). The molecule has 23 heavy (non-hydrogen) atoms. The number of likely N-dealkylation sites (tertiary alicyclic amines) is 1. The van der Waals surface area contributed by atoms with Crippen molar-refractivity contribution in [2.45, 2.75) is 45.1 Å². The van der Waals surface area contributed by atoms with Gasteiger partial charge in [0, 0.05) is 12.2 Å². The van der Waals surface area contributed by atoms with Crippen LogP contribution in [-0.2, 0) is 4.79 Å². The van der Waals surface area contributed by atoms with Gasteiger partial charge in [-0.05, 0) is 56.6 Å². The molecule has 1 fully saturated rings. The van der Waals surface area contributed by atoms with Gasteiger partial charge in [0.05, 0.1) is 6.04 Å². The summed E-state index contributed by atoms with van der Waals surface area (Å²) in [5.74, 6) is 0.698. The minimum Gasteiger partial charge on any atom is -0.492 e. The van der Waals surface area contributed by atoms with Crippen LogP contribution in [0.15, 0.2) is 24.3 Å². The number of rotatable bonds is 8. The van der Waals surface area contributed by atoms with Gasteiger partial charge >= 0.3 is 0 Å². The van der Waals surface area contributed by atoms with E-state index in [1.807, 2.05) is 31.2 Å². The van der Waals surface area contributed by atoms with E-state index in [0.717, 1.165) is 24.4 Å². The molecule has 5 heteroatoms. The number of nitrogens with one attached hydrogen (secondary N) is 1. The van der Waals surface area contributed by atoms with Crippen LogP contribution >= 0.6 is 0 Å². The lowest BCUT2D eigenvalue weighted by Crippen LogP contribution is -2.35. The van der Waals surface area contributed by atoms with E-state index in [1.165, 1.54) is 32.4 Å². The molecule has 3 N–H and O–H groups in total. The van der Waals surface area contributed by atoms with E-state index in [1.54, 1.807) is 0 Å². The molecule has 5 nitrogen and oxygen atoms in total. The molecule has 0 saturated carbocycles. The average Bonchev–Trinajstić information content (AvgIpc) is 2.57. The SMILES string of the molecule is CCCC(N)C(=O)Nc1ccc(OCCN2CCCCC2)cc1. The number of piperidine rings is 1. The van der Waals surface area contributed by atoms with E-state index >= 15 is 0 Å². The number of benzene rings is 1. The van der Waals surface area contributed by atoms with Crippen LogP contribution in [0.2, 0.25) is 0 Å². The van der Waals surface area contributed by atoms with E-state index < -0.39 is 6.04 Å². The largest absolute Gasteiger partial charge is 0.492 e.